The Hall–Kier alpha value is -2.02. The fourth-order valence-electron chi connectivity index (χ4n) is 3.72. The van der Waals surface area contributed by atoms with E-state index in [9.17, 15) is 4.79 Å². The van der Waals surface area contributed by atoms with Gasteiger partial charge in [-0.15, -0.1) is 10.2 Å². The van der Waals surface area contributed by atoms with Crippen LogP contribution in [0.3, 0.4) is 0 Å². The van der Waals surface area contributed by atoms with Gasteiger partial charge in [0.1, 0.15) is 18.0 Å². The third-order valence-electron chi connectivity index (χ3n) is 5.19. The van der Waals surface area contributed by atoms with Crippen molar-refractivity contribution in [2.24, 2.45) is 0 Å². The van der Waals surface area contributed by atoms with E-state index in [-0.39, 0.29) is 11.6 Å². The van der Waals surface area contributed by atoms with Crippen LogP contribution in [0.1, 0.15) is 68.0 Å². The molecule has 0 spiro atoms. The minimum Gasteiger partial charge on any atom is -0.314 e. The van der Waals surface area contributed by atoms with Crippen LogP contribution in [0.5, 0.6) is 0 Å². The number of nitrogens with one attached hydrogen (secondary N) is 1. The van der Waals surface area contributed by atoms with E-state index in [0.29, 0.717) is 12.0 Å². The van der Waals surface area contributed by atoms with E-state index >= 15 is 0 Å². The lowest BCUT2D eigenvalue weighted by Crippen LogP contribution is -2.38. The zero-order valence-corrected chi connectivity index (χ0v) is 14.3. The standard InChI is InChI=1S/C17H24N6O/c1-11-8-15(24)20-16(19-11)12(2)22-7-3-4-13(9-22)17-21-18-10-23(17)14-5-6-14/h8,10,12-14H,3-7,9H2,1-2H3,(H,19,20,24)/t12-,13+/m0/s1. The normalized spacial score (nSPS) is 23.3. The average molecular weight is 328 g/mol. The highest BCUT2D eigenvalue weighted by molar-refractivity contribution is 5.07. The van der Waals surface area contributed by atoms with E-state index in [2.05, 4.69) is 36.6 Å². The monoisotopic (exact) mass is 328 g/mol. The SMILES string of the molecule is Cc1cc(=O)[nH]c([C@H](C)N2CCC[C@@H](c3nncn3C3CC3)C2)n1. The number of piperidine rings is 1. The van der Waals surface area contributed by atoms with E-state index in [0.717, 1.165) is 43.3 Å². The third kappa shape index (κ3) is 3.00. The Morgan fingerprint density at radius 1 is 1.33 bits per heavy atom. The molecular formula is C17H24N6O. The molecule has 7 heteroatoms. The molecule has 1 saturated heterocycles. The van der Waals surface area contributed by atoms with Crippen molar-refractivity contribution in [3.8, 4) is 0 Å². The van der Waals surface area contributed by atoms with Gasteiger partial charge in [0, 0.05) is 30.3 Å². The molecule has 1 aliphatic heterocycles. The van der Waals surface area contributed by atoms with Crippen LogP contribution < -0.4 is 5.56 Å². The highest BCUT2D eigenvalue weighted by Gasteiger charge is 2.33. The summed E-state index contributed by atoms with van der Waals surface area (Å²) >= 11 is 0. The predicted octanol–water partition coefficient (Wildman–Crippen LogP) is 1.95. The van der Waals surface area contributed by atoms with Crippen LogP contribution in [0.2, 0.25) is 0 Å². The second-order valence-electron chi connectivity index (χ2n) is 7.11. The lowest BCUT2D eigenvalue weighted by molar-refractivity contribution is 0.148. The first-order chi connectivity index (χ1) is 11.6. The number of aryl methyl sites for hydroxylation is 1. The van der Waals surface area contributed by atoms with Gasteiger partial charge in [-0.2, -0.15) is 0 Å². The summed E-state index contributed by atoms with van der Waals surface area (Å²) in [4.78, 5) is 21.6. The summed E-state index contributed by atoms with van der Waals surface area (Å²) in [7, 11) is 0. The molecular weight excluding hydrogens is 304 g/mol. The van der Waals surface area contributed by atoms with Crippen molar-refractivity contribution >= 4 is 0 Å². The number of aromatic nitrogens is 5. The Bertz CT molecular complexity index is 777. The summed E-state index contributed by atoms with van der Waals surface area (Å²) in [5, 5.41) is 8.55. The topological polar surface area (TPSA) is 79.7 Å². The van der Waals surface area contributed by atoms with Gasteiger partial charge < -0.3 is 9.55 Å². The van der Waals surface area contributed by atoms with E-state index in [1.54, 1.807) is 0 Å². The van der Waals surface area contributed by atoms with Crippen LogP contribution in [0.25, 0.3) is 0 Å². The molecule has 2 aromatic heterocycles. The Labute approximate surface area is 141 Å². The number of hydrogen-bond donors (Lipinski definition) is 1. The minimum atomic E-state index is -0.0774. The molecule has 1 N–H and O–H groups in total. The molecule has 0 unspecified atom stereocenters. The van der Waals surface area contributed by atoms with Gasteiger partial charge >= 0.3 is 0 Å². The number of hydrogen-bond acceptors (Lipinski definition) is 5. The van der Waals surface area contributed by atoms with Gasteiger partial charge in [-0.3, -0.25) is 9.69 Å². The first-order valence-electron chi connectivity index (χ1n) is 8.83. The fraction of sp³-hybridized carbons (Fsp3) is 0.647. The van der Waals surface area contributed by atoms with Crippen molar-refractivity contribution in [3.05, 3.63) is 40.1 Å². The molecule has 3 heterocycles. The number of rotatable bonds is 4. The summed E-state index contributed by atoms with van der Waals surface area (Å²) in [6, 6.07) is 2.24. The van der Waals surface area contributed by atoms with Crippen LogP contribution in [-0.4, -0.2) is 42.7 Å². The van der Waals surface area contributed by atoms with Crippen molar-refractivity contribution in [1.29, 1.82) is 0 Å². The largest absolute Gasteiger partial charge is 0.314 e. The first kappa shape index (κ1) is 15.5. The zero-order chi connectivity index (χ0) is 16.7. The maximum atomic E-state index is 11.7. The maximum absolute atomic E-state index is 11.7. The highest BCUT2D eigenvalue weighted by Crippen LogP contribution is 2.38. The van der Waals surface area contributed by atoms with Crippen LogP contribution in [0, 0.1) is 6.92 Å². The Kier molecular flexibility index (Phi) is 3.96. The van der Waals surface area contributed by atoms with Crippen molar-refractivity contribution in [2.75, 3.05) is 13.1 Å². The van der Waals surface area contributed by atoms with Crippen molar-refractivity contribution in [2.45, 2.75) is 57.5 Å². The van der Waals surface area contributed by atoms with Gasteiger partial charge in [-0.05, 0) is 46.1 Å². The van der Waals surface area contributed by atoms with E-state index < -0.39 is 0 Å². The summed E-state index contributed by atoms with van der Waals surface area (Å²) in [5.41, 5.74) is 0.689. The van der Waals surface area contributed by atoms with Crippen molar-refractivity contribution in [3.63, 3.8) is 0 Å². The molecule has 0 bridgehead atoms. The molecule has 2 aliphatic rings. The Morgan fingerprint density at radius 2 is 2.17 bits per heavy atom. The number of likely N-dealkylation sites (tertiary alicyclic amines) is 1. The zero-order valence-electron chi connectivity index (χ0n) is 14.3. The summed E-state index contributed by atoms with van der Waals surface area (Å²) in [6.07, 6.45) is 6.64. The number of aromatic amines is 1. The van der Waals surface area contributed by atoms with Crippen LogP contribution in [0.15, 0.2) is 17.2 Å². The minimum absolute atomic E-state index is 0.0774. The molecule has 1 saturated carbocycles. The van der Waals surface area contributed by atoms with E-state index in [4.69, 9.17) is 0 Å². The summed E-state index contributed by atoms with van der Waals surface area (Å²) < 4.78 is 2.27. The smallest absolute Gasteiger partial charge is 0.251 e. The lowest BCUT2D eigenvalue weighted by atomic mass is 9.95. The van der Waals surface area contributed by atoms with Crippen LogP contribution in [-0.2, 0) is 0 Å². The molecule has 0 amide bonds. The van der Waals surface area contributed by atoms with Gasteiger partial charge in [-0.1, -0.05) is 0 Å². The van der Waals surface area contributed by atoms with Crippen LogP contribution >= 0.6 is 0 Å². The van der Waals surface area contributed by atoms with E-state index in [1.807, 2.05) is 13.3 Å². The molecule has 2 fully saturated rings. The predicted molar refractivity (Wildman–Crippen MR) is 89.9 cm³/mol. The second-order valence-corrected chi connectivity index (χ2v) is 7.11. The molecule has 24 heavy (non-hydrogen) atoms. The van der Waals surface area contributed by atoms with Crippen molar-refractivity contribution < 1.29 is 0 Å². The average Bonchev–Trinajstić information content (AvgIpc) is 3.30. The third-order valence-corrected chi connectivity index (χ3v) is 5.19. The lowest BCUT2D eigenvalue weighted by Gasteiger charge is -2.36. The Balaban J connectivity index is 1.53. The van der Waals surface area contributed by atoms with Gasteiger partial charge in [0.2, 0.25) is 0 Å². The fourth-order valence-corrected chi connectivity index (χ4v) is 3.72. The summed E-state index contributed by atoms with van der Waals surface area (Å²) in [5.74, 6) is 2.28. The Morgan fingerprint density at radius 3 is 2.92 bits per heavy atom. The molecule has 0 radical (unpaired) electrons. The maximum Gasteiger partial charge on any atom is 0.251 e. The molecule has 4 rings (SSSR count). The molecule has 2 atom stereocenters. The molecule has 1 aliphatic carbocycles. The highest BCUT2D eigenvalue weighted by atomic mass is 16.1. The van der Waals surface area contributed by atoms with E-state index in [1.165, 1.54) is 18.9 Å². The van der Waals surface area contributed by atoms with Gasteiger partial charge in [-0.25, -0.2) is 4.98 Å². The molecule has 0 aromatic carbocycles. The quantitative estimate of drug-likeness (QED) is 0.928. The summed E-state index contributed by atoms with van der Waals surface area (Å²) in [6.45, 7) is 5.94. The van der Waals surface area contributed by atoms with Gasteiger partial charge in [0.15, 0.2) is 0 Å². The van der Waals surface area contributed by atoms with Crippen molar-refractivity contribution in [1.82, 2.24) is 29.6 Å². The van der Waals surface area contributed by atoms with Gasteiger partial charge in [0.05, 0.1) is 6.04 Å². The number of nitrogens with zero attached hydrogens (tertiary/aromatic N) is 5. The second kappa shape index (κ2) is 6.12. The molecule has 2 aromatic rings. The van der Waals surface area contributed by atoms with Crippen LogP contribution in [0.4, 0.5) is 0 Å². The molecule has 7 nitrogen and oxygen atoms in total. The number of H-pyrrole nitrogens is 1. The van der Waals surface area contributed by atoms with Gasteiger partial charge in [0.25, 0.3) is 5.56 Å². The molecule has 128 valence electrons. The first-order valence-corrected chi connectivity index (χ1v) is 8.83.